The third-order valence-corrected chi connectivity index (χ3v) is 10.00. The monoisotopic (exact) mass is 593 g/mol. The average Bonchev–Trinajstić information content (AvgIpc) is 3.78. The van der Waals surface area contributed by atoms with Crippen LogP contribution in [-0.4, -0.2) is 14.5 Å². The lowest BCUT2D eigenvalue weighted by Gasteiger charge is -2.10. The van der Waals surface area contributed by atoms with Gasteiger partial charge in [-0.1, -0.05) is 84.9 Å². The highest BCUT2D eigenvalue weighted by Gasteiger charge is 2.19. The van der Waals surface area contributed by atoms with Gasteiger partial charge in [-0.05, 0) is 54.6 Å². The van der Waals surface area contributed by atoms with Gasteiger partial charge >= 0.3 is 0 Å². The summed E-state index contributed by atoms with van der Waals surface area (Å²) in [6.07, 6.45) is 0. The fraction of sp³-hybridized carbons (Fsp3) is 0. The van der Waals surface area contributed by atoms with Gasteiger partial charge in [-0.15, -0.1) is 11.3 Å². The zero-order valence-electron chi connectivity index (χ0n) is 23.9. The molecule has 0 unspecified atom stereocenters. The summed E-state index contributed by atoms with van der Waals surface area (Å²) < 4.78 is 11.1. The molecule has 0 atom stereocenters. The maximum absolute atomic E-state index is 6.48. The normalized spacial score (nSPS) is 12.0. The molecule has 0 fully saturated rings. The number of thiophene rings is 1. The minimum absolute atomic E-state index is 0.725. The van der Waals surface area contributed by atoms with Crippen molar-refractivity contribution >= 4 is 75.4 Å². The minimum Gasteiger partial charge on any atom is -0.455 e. The smallest absolute Gasteiger partial charge is 0.160 e. The van der Waals surface area contributed by atoms with Gasteiger partial charge in [0.05, 0.1) is 32.3 Å². The van der Waals surface area contributed by atoms with Gasteiger partial charge in [-0.2, -0.15) is 0 Å². The van der Waals surface area contributed by atoms with E-state index in [0.717, 1.165) is 82.3 Å². The van der Waals surface area contributed by atoms with Crippen LogP contribution < -0.4 is 0 Å². The molecule has 45 heavy (non-hydrogen) atoms. The zero-order valence-corrected chi connectivity index (χ0v) is 24.8. The van der Waals surface area contributed by atoms with Crippen molar-refractivity contribution in [1.29, 1.82) is 0 Å². The van der Waals surface area contributed by atoms with Crippen molar-refractivity contribution in [2.45, 2.75) is 0 Å². The molecule has 0 aliphatic heterocycles. The molecule has 4 nitrogen and oxygen atoms in total. The Balaban J connectivity index is 1.17. The Labute approximate surface area is 261 Å². The Morgan fingerprint density at radius 2 is 1.27 bits per heavy atom. The third kappa shape index (κ3) is 3.59. The molecule has 5 heteroatoms. The predicted octanol–water partition coefficient (Wildman–Crippen LogP) is 11.2. The van der Waals surface area contributed by atoms with Crippen molar-refractivity contribution in [2.75, 3.05) is 0 Å². The lowest BCUT2D eigenvalue weighted by Crippen LogP contribution is -1.96. The first kappa shape index (κ1) is 24.6. The Morgan fingerprint density at radius 1 is 0.533 bits per heavy atom. The third-order valence-electron chi connectivity index (χ3n) is 8.83. The molecule has 6 aromatic carbocycles. The van der Waals surface area contributed by atoms with Crippen molar-refractivity contribution in [3.8, 4) is 28.3 Å². The molecule has 4 aromatic heterocycles. The van der Waals surface area contributed by atoms with E-state index in [4.69, 9.17) is 14.4 Å². The second-order valence-electron chi connectivity index (χ2n) is 11.4. The van der Waals surface area contributed by atoms with E-state index in [1.54, 1.807) is 11.3 Å². The second-order valence-corrected chi connectivity index (χ2v) is 12.4. The topological polar surface area (TPSA) is 43.9 Å². The Kier molecular flexibility index (Phi) is 5.12. The number of nitrogens with zero attached hydrogens (tertiary/aromatic N) is 3. The molecule has 10 rings (SSSR count). The Hall–Kier alpha value is -5.78. The molecule has 0 saturated carbocycles. The van der Waals surface area contributed by atoms with E-state index in [-0.39, 0.29) is 0 Å². The van der Waals surface area contributed by atoms with Gasteiger partial charge in [-0.3, -0.25) is 0 Å². The summed E-state index contributed by atoms with van der Waals surface area (Å²) in [4.78, 5) is 10.3. The van der Waals surface area contributed by atoms with Gasteiger partial charge in [0.1, 0.15) is 11.2 Å². The number of benzene rings is 6. The van der Waals surface area contributed by atoms with Gasteiger partial charge in [0.2, 0.25) is 0 Å². The molecule has 0 aliphatic carbocycles. The van der Waals surface area contributed by atoms with E-state index in [1.165, 1.54) is 10.1 Å². The van der Waals surface area contributed by atoms with Crippen LogP contribution in [0.25, 0.3) is 92.4 Å². The molecule has 10 aromatic rings. The number of hydrogen-bond donors (Lipinski definition) is 0. The molecule has 0 amide bonds. The lowest BCUT2D eigenvalue weighted by molar-refractivity contribution is 0.673. The van der Waals surface area contributed by atoms with Gasteiger partial charge < -0.3 is 8.98 Å². The van der Waals surface area contributed by atoms with E-state index >= 15 is 0 Å². The number of furan rings is 1. The quantitative estimate of drug-likeness (QED) is 0.205. The van der Waals surface area contributed by atoms with Crippen molar-refractivity contribution in [1.82, 2.24) is 14.5 Å². The van der Waals surface area contributed by atoms with E-state index in [9.17, 15) is 0 Å². The first-order valence-corrected chi connectivity index (χ1v) is 15.8. The summed E-state index contributed by atoms with van der Waals surface area (Å²) in [5, 5.41) is 5.75. The Morgan fingerprint density at radius 3 is 2.13 bits per heavy atom. The first-order chi connectivity index (χ1) is 22.3. The summed E-state index contributed by atoms with van der Waals surface area (Å²) in [5.74, 6) is 0.725. The molecule has 0 bridgehead atoms. The fourth-order valence-corrected chi connectivity index (χ4v) is 7.94. The highest BCUT2D eigenvalue weighted by Crippen LogP contribution is 2.42. The average molecular weight is 594 g/mol. The van der Waals surface area contributed by atoms with Crippen molar-refractivity contribution in [2.24, 2.45) is 0 Å². The minimum atomic E-state index is 0.725. The fourth-order valence-electron chi connectivity index (χ4n) is 6.78. The van der Waals surface area contributed by atoms with Gasteiger partial charge in [-0.25, -0.2) is 9.97 Å². The lowest BCUT2D eigenvalue weighted by atomic mass is 10.1. The first-order valence-electron chi connectivity index (χ1n) is 15.0. The van der Waals surface area contributed by atoms with Crippen LogP contribution in [-0.2, 0) is 0 Å². The largest absolute Gasteiger partial charge is 0.455 e. The summed E-state index contributed by atoms with van der Waals surface area (Å²) in [6, 6.07) is 48.8. The summed E-state index contributed by atoms with van der Waals surface area (Å²) in [7, 11) is 0. The maximum atomic E-state index is 6.48. The van der Waals surface area contributed by atoms with Crippen molar-refractivity contribution in [3.05, 3.63) is 140 Å². The molecule has 210 valence electrons. The molecule has 0 spiro atoms. The predicted molar refractivity (Wildman–Crippen MR) is 187 cm³/mol. The summed E-state index contributed by atoms with van der Waals surface area (Å²) >= 11 is 1.76. The molecule has 4 heterocycles. The van der Waals surface area contributed by atoms with Crippen LogP contribution >= 0.6 is 11.3 Å². The number of rotatable bonds is 3. The van der Waals surface area contributed by atoms with Gasteiger partial charge in [0, 0.05) is 43.1 Å². The number of para-hydroxylation sites is 2. The number of fused-ring (bicyclic) bond motifs is 10. The van der Waals surface area contributed by atoms with E-state index < -0.39 is 0 Å². The highest BCUT2D eigenvalue weighted by molar-refractivity contribution is 7.26. The standard InChI is InChI=1S/C40H23N3OS/c1-2-10-24(11-3-1)36-39-37(30-14-6-9-17-34(30)45-39)42-40(41-36)25-18-20-26(21-19-25)43-31-15-7-4-13-29(31)35-32(43)23-22-28-27-12-5-8-16-33(27)44-38(28)35/h1-23H. The summed E-state index contributed by atoms with van der Waals surface area (Å²) in [6.45, 7) is 0. The summed E-state index contributed by atoms with van der Waals surface area (Å²) in [5.41, 5.74) is 9.21. The van der Waals surface area contributed by atoms with Crippen LogP contribution in [0, 0.1) is 0 Å². The highest BCUT2D eigenvalue weighted by atomic mass is 32.1. The number of hydrogen-bond acceptors (Lipinski definition) is 4. The van der Waals surface area contributed by atoms with Crippen LogP contribution in [0.2, 0.25) is 0 Å². The second kappa shape index (κ2) is 9.36. The Bertz CT molecular complexity index is 2750. The van der Waals surface area contributed by atoms with Crippen LogP contribution in [0.5, 0.6) is 0 Å². The van der Waals surface area contributed by atoms with E-state index in [0.29, 0.717) is 0 Å². The maximum Gasteiger partial charge on any atom is 0.160 e. The van der Waals surface area contributed by atoms with Crippen molar-refractivity contribution in [3.63, 3.8) is 0 Å². The van der Waals surface area contributed by atoms with Gasteiger partial charge in [0.25, 0.3) is 0 Å². The molecular weight excluding hydrogens is 571 g/mol. The van der Waals surface area contributed by atoms with Crippen LogP contribution in [0.1, 0.15) is 0 Å². The molecule has 0 saturated heterocycles. The van der Waals surface area contributed by atoms with Crippen LogP contribution in [0.15, 0.2) is 144 Å². The SMILES string of the molecule is c1ccc(-c2nc(-c3ccc(-n4c5ccccc5c5c6oc7ccccc7c6ccc54)cc3)nc3c2sc2ccccc23)cc1. The number of aromatic nitrogens is 3. The van der Waals surface area contributed by atoms with Crippen LogP contribution in [0.3, 0.4) is 0 Å². The zero-order chi connectivity index (χ0) is 29.5. The molecule has 0 N–H and O–H groups in total. The van der Waals surface area contributed by atoms with E-state index in [1.807, 2.05) is 18.2 Å². The van der Waals surface area contributed by atoms with Crippen molar-refractivity contribution < 1.29 is 4.42 Å². The molecular formula is C40H23N3OS. The van der Waals surface area contributed by atoms with Crippen LogP contribution in [0.4, 0.5) is 0 Å². The molecule has 0 aliphatic rings. The molecule has 0 radical (unpaired) electrons. The van der Waals surface area contributed by atoms with Gasteiger partial charge in [0.15, 0.2) is 5.82 Å². The van der Waals surface area contributed by atoms with E-state index in [2.05, 4.69) is 126 Å².